The molecular weight excluding hydrogens is 359 g/mol. The maximum Gasteiger partial charge on any atom is 0.245 e. The van der Waals surface area contributed by atoms with Crippen molar-refractivity contribution >= 4 is 17.3 Å². The lowest BCUT2D eigenvalue weighted by atomic mass is 9.74. The van der Waals surface area contributed by atoms with Gasteiger partial charge in [-0.15, -0.1) is 0 Å². The zero-order valence-corrected chi connectivity index (χ0v) is 16.3. The van der Waals surface area contributed by atoms with Crippen LogP contribution in [0.5, 0.6) is 0 Å². The van der Waals surface area contributed by atoms with Crippen LogP contribution >= 0.6 is 0 Å². The fraction of sp³-hybridized carbons (Fsp3) is 0.550. The number of likely N-dealkylation sites (N-methyl/N-ethyl adjacent to an activating group) is 1. The molecule has 0 bridgehead atoms. The minimum absolute atomic E-state index is 0.0442. The van der Waals surface area contributed by atoms with Crippen LogP contribution in [-0.4, -0.2) is 41.2 Å². The molecule has 1 aliphatic carbocycles. The topological polar surface area (TPSA) is 82.2 Å². The Labute approximate surface area is 164 Å². The number of carbonyl (C=O) groups excluding carboxylic acids is 1. The van der Waals surface area contributed by atoms with Gasteiger partial charge in [0.2, 0.25) is 5.91 Å². The van der Waals surface area contributed by atoms with Crippen molar-refractivity contribution in [2.24, 2.45) is 5.92 Å². The van der Waals surface area contributed by atoms with Gasteiger partial charge in [0, 0.05) is 50.1 Å². The van der Waals surface area contributed by atoms with E-state index < -0.39 is 5.54 Å². The number of anilines is 1. The first-order valence-corrected chi connectivity index (χ1v) is 9.97. The summed E-state index contributed by atoms with van der Waals surface area (Å²) in [6.07, 6.45) is 8.82. The average molecular weight is 386 g/mol. The molecule has 1 aromatic heterocycles. The van der Waals surface area contributed by atoms with Gasteiger partial charge in [0.25, 0.3) is 0 Å². The number of rotatable bonds is 6. The number of aromatic nitrogens is 2. The average Bonchev–Trinajstić information content (AvgIpc) is 3.08. The second-order valence-corrected chi connectivity index (χ2v) is 7.75. The van der Waals surface area contributed by atoms with E-state index in [0.717, 1.165) is 31.3 Å². The number of halogens is 1. The SMILES string of the molecule is CCCNC(=O)C1(N(C)c2ccnc(C3=CNC4NC=C(F)CC34)n2)CCC1. The molecule has 0 aromatic carbocycles. The molecule has 3 N–H and O–H groups in total. The summed E-state index contributed by atoms with van der Waals surface area (Å²) in [5.74, 6) is 1.11. The van der Waals surface area contributed by atoms with Gasteiger partial charge in [0.05, 0.1) is 0 Å². The number of allylic oxidation sites excluding steroid dienone is 1. The summed E-state index contributed by atoms with van der Waals surface area (Å²) in [6.45, 7) is 2.72. The molecule has 7 nitrogen and oxygen atoms in total. The molecule has 1 fully saturated rings. The largest absolute Gasteiger partial charge is 0.370 e. The number of carbonyl (C=O) groups is 1. The number of fused-ring (bicyclic) bond motifs is 1. The van der Waals surface area contributed by atoms with Crippen LogP contribution in [0.4, 0.5) is 10.2 Å². The Morgan fingerprint density at radius 3 is 2.89 bits per heavy atom. The van der Waals surface area contributed by atoms with E-state index in [4.69, 9.17) is 4.98 Å². The predicted octanol–water partition coefficient (Wildman–Crippen LogP) is 2.05. The number of hydrogen-bond acceptors (Lipinski definition) is 6. The van der Waals surface area contributed by atoms with Crippen molar-refractivity contribution in [3.63, 3.8) is 0 Å². The van der Waals surface area contributed by atoms with Crippen LogP contribution in [0, 0.1) is 5.92 Å². The van der Waals surface area contributed by atoms with Gasteiger partial charge >= 0.3 is 0 Å². The minimum atomic E-state index is -0.549. The molecule has 0 saturated heterocycles. The first-order valence-electron chi connectivity index (χ1n) is 9.97. The maximum atomic E-state index is 13.8. The molecule has 0 spiro atoms. The first kappa shape index (κ1) is 18.7. The molecule has 1 aromatic rings. The molecule has 0 radical (unpaired) electrons. The molecule has 4 rings (SSSR count). The number of nitrogens with one attached hydrogen (secondary N) is 3. The molecule has 3 aliphatic rings. The highest BCUT2D eigenvalue weighted by atomic mass is 19.1. The van der Waals surface area contributed by atoms with Gasteiger partial charge in [-0.05, 0) is 31.7 Å². The Morgan fingerprint density at radius 1 is 1.39 bits per heavy atom. The number of hydrogen-bond donors (Lipinski definition) is 3. The van der Waals surface area contributed by atoms with Crippen molar-refractivity contribution in [1.82, 2.24) is 25.9 Å². The minimum Gasteiger partial charge on any atom is -0.370 e. The Kier molecular flexibility index (Phi) is 4.95. The van der Waals surface area contributed by atoms with Gasteiger partial charge in [-0.2, -0.15) is 0 Å². The van der Waals surface area contributed by atoms with E-state index in [1.165, 1.54) is 6.20 Å². The monoisotopic (exact) mass is 386 g/mol. The molecule has 1 amide bonds. The highest BCUT2D eigenvalue weighted by molar-refractivity contribution is 5.90. The predicted molar refractivity (Wildman–Crippen MR) is 106 cm³/mol. The highest BCUT2D eigenvalue weighted by Gasteiger charge is 2.48. The Hall–Kier alpha value is -2.64. The van der Waals surface area contributed by atoms with E-state index in [2.05, 4.69) is 20.9 Å². The molecule has 150 valence electrons. The van der Waals surface area contributed by atoms with Crippen LogP contribution in [0.2, 0.25) is 0 Å². The molecule has 1 saturated carbocycles. The third-order valence-electron chi connectivity index (χ3n) is 6.08. The van der Waals surface area contributed by atoms with Crippen LogP contribution in [0.3, 0.4) is 0 Å². The maximum absolute atomic E-state index is 13.8. The van der Waals surface area contributed by atoms with E-state index in [-0.39, 0.29) is 23.8 Å². The third-order valence-corrected chi connectivity index (χ3v) is 6.08. The lowest BCUT2D eigenvalue weighted by Gasteiger charge is -2.47. The lowest BCUT2D eigenvalue weighted by molar-refractivity contribution is -0.129. The number of amides is 1. The van der Waals surface area contributed by atoms with Crippen molar-refractivity contribution in [1.29, 1.82) is 0 Å². The summed E-state index contributed by atoms with van der Waals surface area (Å²) >= 11 is 0. The summed E-state index contributed by atoms with van der Waals surface area (Å²) in [4.78, 5) is 24.0. The summed E-state index contributed by atoms with van der Waals surface area (Å²) in [5, 5.41) is 9.29. The number of nitrogens with zero attached hydrogens (tertiary/aromatic N) is 3. The van der Waals surface area contributed by atoms with E-state index in [1.807, 2.05) is 31.1 Å². The normalized spacial score (nSPS) is 24.7. The van der Waals surface area contributed by atoms with Crippen LogP contribution < -0.4 is 20.9 Å². The zero-order chi connectivity index (χ0) is 19.7. The fourth-order valence-corrected chi connectivity index (χ4v) is 4.18. The van der Waals surface area contributed by atoms with Crippen molar-refractivity contribution in [2.45, 2.75) is 50.7 Å². The zero-order valence-electron chi connectivity index (χ0n) is 16.3. The van der Waals surface area contributed by atoms with E-state index in [1.54, 1.807) is 6.20 Å². The standard InChI is InChI=1S/C20H27FN6O/c1-3-8-23-19(28)20(6-4-7-20)27(2)16-5-9-22-18(26-16)15-12-25-17-14(15)10-13(21)11-24-17/h5,9,11-12,14,17,24-25H,3-4,6-8,10H2,1-2H3,(H,23,28). The molecule has 3 heterocycles. The highest BCUT2D eigenvalue weighted by Crippen LogP contribution is 2.40. The van der Waals surface area contributed by atoms with Crippen LogP contribution in [-0.2, 0) is 4.79 Å². The molecular formula is C20H27FN6O. The fourth-order valence-electron chi connectivity index (χ4n) is 4.18. The summed E-state index contributed by atoms with van der Waals surface area (Å²) in [5.41, 5.74) is 0.335. The van der Waals surface area contributed by atoms with E-state index in [9.17, 15) is 9.18 Å². The summed E-state index contributed by atoms with van der Waals surface area (Å²) in [7, 11) is 1.92. The van der Waals surface area contributed by atoms with Crippen molar-refractivity contribution in [3.05, 3.63) is 36.3 Å². The van der Waals surface area contributed by atoms with Gasteiger partial charge < -0.3 is 20.9 Å². The van der Waals surface area contributed by atoms with E-state index in [0.29, 0.717) is 24.6 Å². The van der Waals surface area contributed by atoms with Crippen molar-refractivity contribution < 1.29 is 9.18 Å². The Bertz CT molecular complexity index is 819. The van der Waals surface area contributed by atoms with Gasteiger partial charge in [0.1, 0.15) is 23.3 Å². The lowest BCUT2D eigenvalue weighted by Crippen LogP contribution is -2.62. The summed E-state index contributed by atoms with van der Waals surface area (Å²) < 4.78 is 13.8. The van der Waals surface area contributed by atoms with Gasteiger partial charge in [-0.3, -0.25) is 4.79 Å². The van der Waals surface area contributed by atoms with Crippen LogP contribution in [0.1, 0.15) is 44.9 Å². The van der Waals surface area contributed by atoms with Gasteiger partial charge in [-0.1, -0.05) is 6.92 Å². The third kappa shape index (κ3) is 3.10. The van der Waals surface area contributed by atoms with Crippen molar-refractivity contribution in [3.8, 4) is 0 Å². The van der Waals surface area contributed by atoms with Gasteiger partial charge in [-0.25, -0.2) is 14.4 Å². The quantitative estimate of drug-likeness (QED) is 0.694. The van der Waals surface area contributed by atoms with Gasteiger partial charge in [0.15, 0.2) is 5.82 Å². The van der Waals surface area contributed by atoms with Crippen molar-refractivity contribution in [2.75, 3.05) is 18.5 Å². The first-order chi connectivity index (χ1) is 13.5. The van der Waals surface area contributed by atoms with Crippen LogP contribution in [0.15, 0.2) is 30.5 Å². The van der Waals surface area contributed by atoms with E-state index >= 15 is 0 Å². The molecule has 2 unspecified atom stereocenters. The smallest absolute Gasteiger partial charge is 0.245 e. The Morgan fingerprint density at radius 2 is 2.18 bits per heavy atom. The second-order valence-electron chi connectivity index (χ2n) is 7.75. The molecule has 28 heavy (non-hydrogen) atoms. The second kappa shape index (κ2) is 7.41. The molecule has 2 atom stereocenters. The Balaban J connectivity index is 1.57. The summed E-state index contributed by atoms with van der Waals surface area (Å²) in [6, 6.07) is 1.83. The molecule has 8 heteroatoms. The molecule has 2 aliphatic heterocycles. The van der Waals surface area contributed by atoms with Crippen LogP contribution in [0.25, 0.3) is 5.57 Å².